The zero-order chi connectivity index (χ0) is 23.4. The molecule has 0 aliphatic carbocycles. The summed E-state index contributed by atoms with van der Waals surface area (Å²) in [6, 6.07) is 12.3. The quantitative estimate of drug-likeness (QED) is 0.390. The minimum Gasteiger partial charge on any atom is -0.497 e. The van der Waals surface area contributed by atoms with Gasteiger partial charge in [0.2, 0.25) is 0 Å². The molecule has 0 amide bonds. The van der Waals surface area contributed by atoms with Gasteiger partial charge in [-0.2, -0.15) is 5.10 Å². The van der Waals surface area contributed by atoms with Crippen molar-refractivity contribution in [2.45, 2.75) is 6.92 Å². The first-order valence-corrected chi connectivity index (χ1v) is 10.7. The van der Waals surface area contributed by atoms with Crippen LogP contribution in [0.3, 0.4) is 0 Å². The van der Waals surface area contributed by atoms with Crippen molar-refractivity contribution in [3.63, 3.8) is 0 Å². The zero-order valence-corrected chi connectivity index (χ0v) is 18.7. The highest BCUT2D eigenvalue weighted by molar-refractivity contribution is 5.99. The minimum atomic E-state index is -0.385. The highest BCUT2D eigenvalue weighted by atomic mass is 19.1. The van der Waals surface area contributed by atoms with E-state index in [-0.39, 0.29) is 5.82 Å². The lowest BCUT2D eigenvalue weighted by Gasteiger charge is -2.06. The van der Waals surface area contributed by atoms with Crippen LogP contribution in [0.2, 0.25) is 0 Å². The number of halogens is 1. The Morgan fingerprint density at radius 3 is 2.68 bits per heavy atom. The molecule has 1 aromatic carbocycles. The number of rotatable bonds is 4. The molecule has 5 aromatic heterocycles. The summed E-state index contributed by atoms with van der Waals surface area (Å²) < 4.78 is 21.4. The number of nitrogens with zero attached hydrogens (tertiary/aromatic N) is 5. The largest absolute Gasteiger partial charge is 0.497 e. The Morgan fingerprint density at radius 1 is 1.00 bits per heavy atom. The van der Waals surface area contributed by atoms with Crippen molar-refractivity contribution in [2.24, 2.45) is 7.05 Å². The van der Waals surface area contributed by atoms with Crippen molar-refractivity contribution in [2.75, 3.05) is 7.11 Å². The van der Waals surface area contributed by atoms with Crippen molar-refractivity contribution in [1.82, 2.24) is 34.7 Å². The predicted molar refractivity (Wildman–Crippen MR) is 128 cm³/mol. The van der Waals surface area contributed by atoms with Gasteiger partial charge in [0.1, 0.15) is 28.6 Å². The standard InChI is InChI=1S/C25H20FN7O/c1-13-28-12-22(33(13)2)19-4-5-20-24(30-19)25(32-31-20)21-11-17-18(29-21)6-7-27-23(17)14-8-15(26)10-16(9-14)34-3/h4-12,29H,1-3H3,(H,31,32). The molecule has 9 heteroatoms. The molecule has 0 aliphatic rings. The van der Waals surface area contributed by atoms with Crippen molar-refractivity contribution in [3.05, 3.63) is 66.5 Å². The highest BCUT2D eigenvalue weighted by Crippen LogP contribution is 2.34. The van der Waals surface area contributed by atoms with Gasteiger partial charge in [0.25, 0.3) is 0 Å². The van der Waals surface area contributed by atoms with Gasteiger partial charge in [0.15, 0.2) is 0 Å². The fourth-order valence-electron chi connectivity index (χ4n) is 4.20. The van der Waals surface area contributed by atoms with Gasteiger partial charge >= 0.3 is 0 Å². The Kier molecular flexibility index (Phi) is 4.44. The van der Waals surface area contributed by atoms with Gasteiger partial charge in [-0.05, 0) is 43.3 Å². The number of benzene rings is 1. The summed E-state index contributed by atoms with van der Waals surface area (Å²) in [4.78, 5) is 17.2. The topological polar surface area (TPSA) is 97.3 Å². The fraction of sp³-hybridized carbons (Fsp3) is 0.120. The summed E-state index contributed by atoms with van der Waals surface area (Å²) in [7, 11) is 3.48. The Hall–Kier alpha value is -4.53. The molecule has 0 bridgehead atoms. The Bertz CT molecular complexity index is 1690. The van der Waals surface area contributed by atoms with Crippen LogP contribution in [0.15, 0.2) is 54.9 Å². The monoisotopic (exact) mass is 453 g/mol. The molecule has 0 atom stereocenters. The molecule has 8 nitrogen and oxygen atoms in total. The highest BCUT2D eigenvalue weighted by Gasteiger charge is 2.17. The molecule has 0 aliphatic heterocycles. The van der Waals surface area contributed by atoms with E-state index < -0.39 is 0 Å². The van der Waals surface area contributed by atoms with Gasteiger partial charge in [-0.15, -0.1) is 0 Å². The number of hydrogen-bond acceptors (Lipinski definition) is 5. The van der Waals surface area contributed by atoms with Crippen LogP contribution in [-0.2, 0) is 7.05 Å². The van der Waals surface area contributed by atoms with E-state index in [0.29, 0.717) is 22.7 Å². The number of aromatic amines is 2. The number of pyridine rings is 2. The van der Waals surface area contributed by atoms with Gasteiger partial charge < -0.3 is 14.3 Å². The molecule has 168 valence electrons. The summed E-state index contributed by atoms with van der Waals surface area (Å²) in [6.45, 7) is 1.95. The van der Waals surface area contributed by atoms with E-state index in [4.69, 9.17) is 9.72 Å². The third-order valence-electron chi connectivity index (χ3n) is 6.07. The normalized spacial score (nSPS) is 11.5. The van der Waals surface area contributed by atoms with Crippen LogP contribution in [0, 0.1) is 12.7 Å². The molecular weight excluding hydrogens is 433 g/mol. The van der Waals surface area contributed by atoms with Crippen LogP contribution in [0.4, 0.5) is 4.39 Å². The molecule has 0 spiro atoms. The second-order valence-corrected chi connectivity index (χ2v) is 8.10. The lowest BCUT2D eigenvalue weighted by molar-refractivity contribution is 0.411. The SMILES string of the molecule is COc1cc(F)cc(-c2nccc3[nH]c(-c4n[nH]c5ccc(-c6cnc(C)n6C)nc45)cc23)c1. The van der Waals surface area contributed by atoms with Crippen LogP contribution in [0.1, 0.15) is 5.82 Å². The number of methoxy groups -OCH3 is 1. The number of fused-ring (bicyclic) bond motifs is 2. The van der Waals surface area contributed by atoms with E-state index in [1.807, 2.05) is 49.0 Å². The minimum absolute atomic E-state index is 0.385. The van der Waals surface area contributed by atoms with Gasteiger partial charge in [0, 0.05) is 35.8 Å². The molecule has 0 saturated heterocycles. The Morgan fingerprint density at radius 2 is 1.88 bits per heavy atom. The van der Waals surface area contributed by atoms with Crippen molar-refractivity contribution in [3.8, 4) is 39.8 Å². The summed E-state index contributed by atoms with van der Waals surface area (Å²) in [5, 5.41) is 8.43. The van der Waals surface area contributed by atoms with Crippen LogP contribution in [0.25, 0.3) is 56.0 Å². The molecule has 2 N–H and O–H groups in total. The first-order chi connectivity index (χ1) is 16.5. The fourth-order valence-corrected chi connectivity index (χ4v) is 4.20. The lowest BCUT2D eigenvalue weighted by Crippen LogP contribution is -1.96. The van der Waals surface area contributed by atoms with E-state index >= 15 is 0 Å². The maximum absolute atomic E-state index is 14.2. The summed E-state index contributed by atoms with van der Waals surface area (Å²) in [6.07, 6.45) is 3.51. The third-order valence-corrected chi connectivity index (χ3v) is 6.07. The van der Waals surface area contributed by atoms with Crippen molar-refractivity contribution >= 4 is 21.9 Å². The number of imidazole rings is 1. The van der Waals surface area contributed by atoms with E-state index in [0.717, 1.165) is 44.8 Å². The smallest absolute Gasteiger partial charge is 0.135 e. The maximum Gasteiger partial charge on any atom is 0.135 e. The van der Waals surface area contributed by atoms with Crippen LogP contribution in [-0.4, -0.2) is 41.8 Å². The summed E-state index contributed by atoms with van der Waals surface area (Å²) >= 11 is 0. The summed E-state index contributed by atoms with van der Waals surface area (Å²) in [5.74, 6) is 0.961. The molecule has 0 radical (unpaired) electrons. The second-order valence-electron chi connectivity index (χ2n) is 8.10. The average molecular weight is 453 g/mol. The lowest BCUT2D eigenvalue weighted by atomic mass is 10.1. The van der Waals surface area contributed by atoms with Crippen molar-refractivity contribution in [1.29, 1.82) is 0 Å². The number of nitrogens with one attached hydrogen (secondary N) is 2. The number of H-pyrrole nitrogens is 2. The first-order valence-electron chi connectivity index (χ1n) is 10.7. The van der Waals surface area contributed by atoms with E-state index in [2.05, 4.69) is 25.1 Å². The van der Waals surface area contributed by atoms with Gasteiger partial charge in [-0.1, -0.05) is 0 Å². The predicted octanol–water partition coefficient (Wildman–Crippen LogP) is 5.02. The first kappa shape index (κ1) is 20.1. The molecule has 0 saturated carbocycles. The van der Waals surface area contributed by atoms with Crippen LogP contribution < -0.4 is 4.74 Å². The third kappa shape index (κ3) is 3.13. The van der Waals surface area contributed by atoms with E-state index in [9.17, 15) is 4.39 Å². The van der Waals surface area contributed by atoms with Crippen LogP contribution in [0.5, 0.6) is 5.75 Å². The number of hydrogen-bond donors (Lipinski definition) is 2. The molecule has 0 fully saturated rings. The van der Waals surface area contributed by atoms with Gasteiger partial charge in [-0.25, -0.2) is 14.4 Å². The number of ether oxygens (including phenoxy) is 1. The number of aryl methyl sites for hydroxylation is 1. The van der Waals surface area contributed by atoms with E-state index in [1.165, 1.54) is 19.2 Å². The molecule has 5 heterocycles. The zero-order valence-electron chi connectivity index (χ0n) is 18.7. The van der Waals surface area contributed by atoms with Crippen LogP contribution >= 0.6 is 0 Å². The second kappa shape index (κ2) is 7.51. The molecule has 6 rings (SSSR count). The molecular formula is C25H20FN7O. The summed E-state index contributed by atoms with van der Waals surface area (Å²) in [5.41, 5.74) is 6.91. The maximum atomic E-state index is 14.2. The van der Waals surface area contributed by atoms with Gasteiger partial charge in [-0.3, -0.25) is 10.1 Å². The Balaban J connectivity index is 1.50. The molecule has 34 heavy (non-hydrogen) atoms. The molecule has 6 aromatic rings. The average Bonchev–Trinajstić information content (AvgIpc) is 3.54. The van der Waals surface area contributed by atoms with Crippen molar-refractivity contribution < 1.29 is 9.13 Å². The van der Waals surface area contributed by atoms with E-state index in [1.54, 1.807) is 12.3 Å². The Labute approximate surface area is 193 Å². The van der Waals surface area contributed by atoms with Gasteiger partial charge in [0.05, 0.1) is 41.6 Å². The molecule has 0 unspecified atom stereocenters. The number of aromatic nitrogens is 7.